The number of hydrogen-bond acceptors (Lipinski definition) is 7. The number of aromatic nitrogens is 1. The van der Waals surface area contributed by atoms with Gasteiger partial charge in [-0.1, -0.05) is 0 Å². The number of phenolic OH excluding ortho intramolecular Hbond substituents is 2. The molecular weight excluding hydrogens is 282 g/mol. The number of nitrogens with two attached hydrogens (primary N) is 1. The Bertz CT molecular complexity index is 656. The lowest BCUT2D eigenvalue weighted by atomic mass is 10.1. The van der Waals surface area contributed by atoms with Crippen molar-refractivity contribution >= 4 is 28.7 Å². The fourth-order valence-electron chi connectivity index (χ4n) is 1.51. The third-order valence-electron chi connectivity index (χ3n) is 2.52. The van der Waals surface area contributed by atoms with Gasteiger partial charge in [0, 0.05) is 10.9 Å². The summed E-state index contributed by atoms with van der Waals surface area (Å²) in [6.07, 6.45) is 0.534. The minimum absolute atomic E-state index is 0.107. The van der Waals surface area contributed by atoms with Crippen LogP contribution >= 0.6 is 11.3 Å². The number of nitrogens with one attached hydrogen (secondary N) is 1. The van der Waals surface area contributed by atoms with Crippen LogP contribution in [0, 0.1) is 0 Å². The molecule has 0 aliphatic carbocycles. The van der Waals surface area contributed by atoms with Crippen molar-refractivity contribution in [2.24, 2.45) is 0 Å². The molecule has 0 bridgehead atoms. The summed E-state index contributed by atoms with van der Waals surface area (Å²) in [6, 6.07) is 2.68. The molecule has 1 heterocycles. The van der Waals surface area contributed by atoms with Gasteiger partial charge in [0.2, 0.25) is 0 Å². The highest BCUT2D eigenvalue weighted by Crippen LogP contribution is 2.25. The van der Waals surface area contributed by atoms with E-state index in [4.69, 9.17) is 5.73 Å². The standard InChI is InChI=1S/C12H11N3O4S/c13-12-15-8(5-20-12)7(4-16)14-11(19)6-1-2-9(17)10(18)3-6/h1-5,7,17-18H,(H2,13,15)(H,14,19). The maximum Gasteiger partial charge on any atom is 0.252 e. The molecule has 0 saturated heterocycles. The number of rotatable bonds is 4. The van der Waals surface area contributed by atoms with Crippen molar-refractivity contribution in [1.29, 1.82) is 0 Å². The molecule has 1 atom stereocenters. The Morgan fingerprint density at radius 2 is 2.15 bits per heavy atom. The van der Waals surface area contributed by atoms with Crippen molar-refractivity contribution in [3.8, 4) is 11.5 Å². The van der Waals surface area contributed by atoms with Crippen molar-refractivity contribution in [1.82, 2.24) is 10.3 Å². The number of thiazole rings is 1. The lowest BCUT2D eigenvalue weighted by Gasteiger charge is -2.10. The molecule has 8 heteroatoms. The second kappa shape index (κ2) is 5.57. The van der Waals surface area contributed by atoms with Crippen LogP contribution in [0.5, 0.6) is 11.5 Å². The number of carbonyl (C=O) groups is 2. The number of aromatic hydroxyl groups is 2. The van der Waals surface area contributed by atoms with E-state index in [1.165, 1.54) is 12.1 Å². The summed E-state index contributed by atoms with van der Waals surface area (Å²) in [5, 5.41) is 22.8. The van der Waals surface area contributed by atoms with E-state index in [0.29, 0.717) is 17.1 Å². The molecule has 1 aromatic carbocycles. The summed E-state index contributed by atoms with van der Waals surface area (Å²) in [7, 11) is 0. The average Bonchev–Trinajstić information content (AvgIpc) is 2.85. The van der Waals surface area contributed by atoms with Crippen LogP contribution in [0.1, 0.15) is 22.1 Å². The summed E-state index contributed by atoms with van der Waals surface area (Å²) in [5.74, 6) is -1.33. The van der Waals surface area contributed by atoms with Crippen LogP contribution in [0.25, 0.3) is 0 Å². The summed E-state index contributed by atoms with van der Waals surface area (Å²) in [6.45, 7) is 0. The molecule has 0 aliphatic rings. The summed E-state index contributed by atoms with van der Waals surface area (Å²) < 4.78 is 0. The van der Waals surface area contributed by atoms with Crippen LogP contribution in [0.15, 0.2) is 23.6 Å². The quantitative estimate of drug-likeness (QED) is 0.488. The normalized spacial score (nSPS) is 11.8. The number of anilines is 1. The first-order valence-electron chi connectivity index (χ1n) is 5.50. The first kappa shape index (κ1) is 13.8. The summed E-state index contributed by atoms with van der Waals surface area (Å²) >= 11 is 1.16. The maximum atomic E-state index is 11.9. The number of hydrogen-bond donors (Lipinski definition) is 4. The van der Waals surface area contributed by atoms with Crippen LogP contribution in [0.4, 0.5) is 5.13 Å². The zero-order valence-corrected chi connectivity index (χ0v) is 10.9. The topological polar surface area (TPSA) is 126 Å². The molecule has 2 aromatic rings. The highest BCUT2D eigenvalue weighted by Gasteiger charge is 2.18. The molecule has 1 aromatic heterocycles. The van der Waals surface area contributed by atoms with Gasteiger partial charge in [-0.05, 0) is 18.2 Å². The lowest BCUT2D eigenvalue weighted by Crippen LogP contribution is -2.29. The predicted octanol–water partition coefficient (Wildman–Crippen LogP) is 0.806. The Hall–Kier alpha value is -2.61. The van der Waals surface area contributed by atoms with Gasteiger partial charge in [0.05, 0.1) is 5.69 Å². The Morgan fingerprint density at radius 1 is 1.40 bits per heavy atom. The number of aldehydes is 1. The van der Waals surface area contributed by atoms with Crippen molar-refractivity contribution in [2.45, 2.75) is 6.04 Å². The first-order chi connectivity index (χ1) is 9.51. The first-order valence-corrected chi connectivity index (χ1v) is 6.38. The van der Waals surface area contributed by atoms with Crippen molar-refractivity contribution < 1.29 is 19.8 Å². The van der Waals surface area contributed by atoms with Crippen LogP contribution in [-0.2, 0) is 4.79 Å². The molecule has 0 fully saturated rings. The molecule has 2 rings (SSSR count). The molecule has 0 radical (unpaired) electrons. The van der Waals surface area contributed by atoms with Gasteiger partial charge in [0.15, 0.2) is 16.6 Å². The Labute approximate surface area is 117 Å². The maximum absolute atomic E-state index is 11.9. The fourth-order valence-corrected chi connectivity index (χ4v) is 2.11. The Morgan fingerprint density at radius 3 is 2.70 bits per heavy atom. The van der Waals surface area contributed by atoms with Gasteiger partial charge in [-0.15, -0.1) is 11.3 Å². The number of nitrogens with zero attached hydrogens (tertiary/aromatic N) is 1. The van der Waals surface area contributed by atoms with Gasteiger partial charge in [-0.25, -0.2) is 4.98 Å². The highest BCUT2D eigenvalue weighted by molar-refractivity contribution is 7.13. The van der Waals surface area contributed by atoms with E-state index in [1.54, 1.807) is 5.38 Å². The van der Waals surface area contributed by atoms with Gasteiger partial charge in [0.1, 0.15) is 12.3 Å². The van der Waals surface area contributed by atoms with Crippen LogP contribution in [0.3, 0.4) is 0 Å². The fraction of sp³-hybridized carbons (Fsp3) is 0.0833. The van der Waals surface area contributed by atoms with E-state index in [0.717, 1.165) is 17.4 Å². The second-order valence-electron chi connectivity index (χ2n) is 3.90. The molecular formula is C12H11N3O4S. The van der Waals surface area contributed by atoms with Gasteiger partial charge in [-0.2, -0.15) is 0 Å². The van der Waals surface area contributed by atoms with Crippen molar-refractivity contribution in [3.05, 3.63) is 34.8 Å². The second-order valence-corrected chi connectivity index (χ2v) is 4.79. The Balaban J connectivity index is 2.17. The SMILES string of the molecule is Nc1nc(C(C=O)NC(=O)c2ccc(O)c(O)c2)cs1. The van der Waals surface area contributed by atoms with Gasteiger partial charge < -0.3 is 26.1 Å². The predicted molar refractivity (Wildman–Crippen MR) is 72.6 cm³/mol. The summed E-state index contributed by atoms with van der Waals surface area (Å²) in [4.78, 5) is 26.9. The van der Waals surface area contributed by atoms with Crippen LogP contribution in [-0.4, -0.2) is 27.4 Å². The largest absolute Gasteiger partial charge is 0.504 e. The zero-order chi connectivity index (χ0) is 14.7. The molecule has 7 nitrogen and oxygen atoms in total. The average molecular weight is 293 g/mol. The number of benzene rings is 1. The smallest absolute Gasteiger partial charge is 0.252 e. The molecule has 0 aliphatic heterocycles. The lowest BCUT2D eigenvalue weighted by molar-refractivity contribution is -0.109. The van der Waals surface area contributed by atoms with E-state index in [2.05, 4.69) is 10.3 Å². The van der Waals surface area contributed by atoms with Gasteiger partial charge in [0.25, 0.3) is 5.91 Å². The molecule has 1 amide bonds. The van der Waals surface area contributed by atoms with Crippen LogP contribution < -0.4 is 11.1 Å². The number of amides is 1. The number of nitrogen functional groups attached to an aromatic ring is 1. The molecule has 1 unspecified atom stereocenters. The summed E-state index contributed by atoms with van der Waals surface area (Å²) in [5.41, 5.74) is 5.92. The number of carbonyl (C=O) groups excluding carboxylic acids is 2. The highest BCUT2D eigenvalue weighted by atomic mass is 32.1. The van der Waals surface area contributed by atoms with Crippen molar-refractivity contribution in [3.63, 3.8) is 0 Å². The number of phenols is 2. The van der Waals surface area contributed by atoms with E-state index in [1.807, 2.05) is 0 Å². The third-order valence-corrected chi connectivity index (χ3v) is 3.21. The van der Waals surface area contributed by atoms with Gasteiger partial charge >= 0.3 is 0 Å². The van der Waals surface area contributed by atoms with E-state index >= 15 is 0 Å². The molecule has 5 N–H and O–H groups in total. The van der Waals surface area contributed by atoms with E-state index < -0.39 is 17.7 Å². The zero-order valence-electron chi connectivity index (χ0n) is 10.1. The molecule has 0 saturated carbocycles. The minimum atomic E-state index is -0.924. The Kier molecular flexibility index (Phi) is 3.85. The third kappa shape index (κ3) is 2.86. The molecule has 0 spiro atoms. The monoisotopic (exact) mass is 293 g/mol. The van der Waals surface area contributed by atoms with Crippen LogP contribution in [0.2, 0.25) is 0 Å². The van der Waals surface area contributed by atoms with E-state index in [-0.39, 0.29) is 11.3 Å². The minimum Gasteiger partial charge on any atom is -0.504 e. The van der Waals surface area contributed by atoms with E-state index in [9.17, 15) is 19.8 Å². The van der Waals surface area contributed by atoms with Gasteiger partial charge in [-0.3, -0.25) is 4.79 Å². The molecule has 104 valence electrons. The van der Waals surface area contributed by atoms with Crippen molar-refractivity contribution in [2.75, 3.05) is 5.73 Å². The molecule has 20 heavy (non-hydrogen) atoms.